The normalized spacial score (nSPS) is 13.1. The van der Waals surface area contributed by atoms with Gasteiger partial charge in [0.05, 0.1) is 11.7 Å². The molecule has 16 heavy (non-hydrogen) atoms. The van der Waals surface area contributed by atoms with E-state index in [1.807, 2.05) is 6.92 Å². The van der Waals surface area contributed by atoms with Crippen LogP contribution in [-0.4, -0.2) is 23.0 Å². The number of rotatable bonds is 6. The molecular formula is C12H21N3S. The minimum Gasteiger partial charge on any atom is -0.322 e. The molecule has 4 heteroatoms. The van der Waals surface area contributed by atoms with Crippen LogP contribution < -0.4 is 5.73 Å². The maximum atomic E-state index is 5.79. The first kappa shape index (κ1) is 13.4. The molecule has 2 N–H and O–H groups in total. The van der Waals surface area contributed by atoms with Gasteiger partial charge < -0.3 is 5.73 Å². The molecule has 1 unspecified atom stereocenters. The van der Waals surface area contributed by atoms with E-state index in [0.717, 1.165) is 30.3 Å². The first-order chi connectivity index (χ1) is 7.52. The summed E-state index contributed by atoms with van der Waals surface area (Å²) in [6.45, 7) is 12.9. The van der Waals surface area contributed by atoms with Crippen LogP contribution in [0.4, 0.5) is 0 Å². The van der Waals surface area contributed by atoms with Crippen molar-refractivity contribution in [3.63, 3.8) is 0 Å². The summed E-state index contributed by atoms with van der Waals surface area (Å²) in [5, 5.41) is 3.11. The zero-order valence-corrected chi connectivity index (χ0v) is 11.2. The van der Waals surface area contributed by atoms with Gasteiger partial charge in [0.1, 0.15) is 5.01 Å². The molecule has 0 aliphatic carbocycles. The Balaban J connectivity index is 2.59. The lowest BCUT2D eigenvalue weighted by molar-refractivity contribution is 0.301. The second-order valence-corrected chi connectivity index (χ2v) is 5.12. The highest BCUT2D eigenvalue weighted by Gasteiger charge is 2.09. The van der Waals surface area contributed by atoms with Gasteiger partial charge in [-0.25, -0.2) is 4.98 Å². The van der Waals surface area contributed by atoms with Crippen LogP contribution in [0.5, 0.6) is 0 Å². The zero-order chi connectivity index (χ0) is 12.1. The van der Waals surface area contributed by atoms with E-state index in [-0.39, 0.29) is 6.04 Å². The van der Waals surface area contributed by atoms with E-state index < -0.39 is 0 Å². The number of hydrogen-bond acceptors (Lipinski definition) is 4. The summed E-state index contributed by atoms with van der Waals surface area (Å²) in [5.41, 5.74) is 8.09. The van der Waals surface area contributed by atoms with E-state index in [1.165, 1.54) is 5.57 Å². The minimum absolute atomic E-state index is 0.0370. The van der Waals surface area contributed by atoms with Gasteiger partial charge in [-0.3, -0.25) is 4.90 Å². The van der Waals surface area contributed by atoms with Crippen molar-refractivity contribution in [2.24, 2.45) is 5.73 Å². The third-order valence-corrected chi connectivity index (χ3v) is 3.38. The van der Waals surface area contributed by atoms with Gasteiger partial charge in [-0.15, -0.1) is 11.3 Å². The van der Waals surface area contributed by atoms with Crippen molar-refractivity contribution in [2.75, 3.05) is 13.1 Å². The highest BCUT2D eigenvalue weighted by molar-refractivity contribution is 7.09. The maximum absolute atomic E-state index is 5.79. The molecule has 0 aliphatic rings. The fourth-order valence-corrected chi connectivity index (χ4v) is 2.26. The third-order valence-electron chi connectivity index (χ3n) is 2.29. The van der Waals surface area contributed by atoms with Crippen LogP contribution in [0.1, 0.15) is 37.5 Å². The quantitative estimate of drug-likeness (QED) is 0.776. The van der Waals surface area contributed by atoms with Crippen molar-refractivity contribution >= 4 is 11.3 Å². The van der Waals surface area contributed by atoms with Crippen molar-refractivity contribution in [1.29, 1.82) is 0 Å². The molecule has 1 rings (SSSR count). The summed E-state index contributed by atoms with van der Waals surface area (Å²) in [7, 11) is 0. The predicted molar refractivity (Wildman–Crippen MR) is 70.5 cm³/mol. The number of likely N-dealkylation sites (N-methyl/N-ethyl adjacent to an activating group) is 1. The Labute approximate surface area is 102 Å². The van der Waals surface area contributed by atoms with Crippen molar-refractivity contribution < 1.29 is 0 Å². The Hall–Kier alpha value is -0.710. The van der Waals surface area contributed by atoms with Gasteiger partial charge in [-0.1, -0.05) is 19.1 Å². The molecule has 0 bridgehead atoms. The number of hydrogen-bond donors (Lipinski definition) is 1. The van der Waals surface area contributed by atoms with Crippen molar-refractivity contribution in [1.82, 2.24) is 9.88 Å². The summed E-state index contributed by atoms with van der Waals surface area (Å²) in [6.07, 6.45) is 0. The lowest BCUT2D eigenvalue weighted by Gasteiger charge is -2.18. The molecular weight excluding hydrogens is 218 g/mol. The smallest absolute Gasteiger partial charge is 0.109 e. The molecule has 1 atom stereocenters. The topological polar surface area (TPSA) is 42.1 Å². The van der Waals surface area contributed by atoms with E-state index in [0.29, 0.717) is 0 Å². The highest BCUT2D eigenvalue weighted by Crippen LogP contribution is 2.17. The molecule has 1 heterocycles. The maximum Gasteiger partial charge on any atom is 0.109 e. The van der Waals surface area contributed by atoms with Crippen LogP contribution in [0.2, 0.25) is 0 Å². The molecule has 0 aromatic carbocycles. The van der Waals surface area contributed by atoms with Gasteiger partial charge in [0.15, 0.2) is 0 Å². The van der Waals surface area contributed by atoms with Crippen LogP contribution >= 0.6 is 11.3 Å². The SMILES string of the molecule is C=C(C)CN(CC)Cc1csc(C(C)N)n1. The Morgan fingerprint density at radius 1 is 1.69 bits per heavy atom. The Bertz CT molecular complexity index is 344. The van der Waals surface area contributed by atoms with Gasteiger partial charge in [0.25, 0.3) is 0 Å². The molecule has 0 saturated heterocycles. The molecule has 0 spiro atoms. The molecule has 1 aromatic heterocycles. The largest absolute Gasteiger partial charge is 0.322 e. The molecule has 0 fully saturated rings. The molecule has 0 aliphatic heterocycles. The van der Waals surface area contributed by atoms with Crippen molar-refractivity contribution in [3.05, 3.63) is 28.2 Å². The summed E-state index contributed by atoms with van der Waals surface area (Å²) in [4.78, 5) is 6.85. The van der Waals surface area contributed by atoms with Gasteiger partial charge in [0, 0.05) is 18.5 Å². The predicted octanol–water partition coefficient (Wildman–Crippen LogP) is 2.56. The summed E-state index contributed by atoms with van der Waals surface area (Å²) < 4.78 is 0. The molecule has 0 amide bonds. The van der Waals surface area contributed by atoms with E-state index in [9.17, 15) is 0 Å². The molecule has 3 nitrogen and oxygen atoms in total. The zero-order valence-electron chi connectivity index (χ0n) is 10.4. The molecule has 1 aromatic rings. The summed E-state index contributed by atoms with van der Waals surface area (Å²) >= 11 is 1.64. The second kappa shape index (κ2) is 6.13. The van der Waals surface area contributed by atoms with Crippen LogP contribution in [0.3, 0.4) is 0 Å². The standard InChI is InChI=1S/C12H21N3S/c1-5-15(6-9(2)3)7-11-8-16-12(14-11)10(4)13/h8,10H,2,5-7,13H2,1,3-4H3. The summed E-state index contributed by atoms with van der Waals surface area (Å²) in [6, 6.07) is 0.0370. The first-order valence-electron chi connectivity index (χ1n) is 5.59. The average Bonchev–Trinajstić information content (AvgIpc) is 2.64. The van der Waals surface area contributed by atoms with Crippen molar-refractivity contribution in [2.45, 2.75) is 33.4 Å². The van der Waals surface area contributed by atoms with E-state index >= 15 is 0 Å². The first-order valence-corrected chi connectivity index (χ1v) is 6.47. The van der Waals surface area contributed by atoms with Gasteiger partial charge in [-0.2, -0.15) is 0 Å². The fraction of sp³-hybridized carbons (Fsp3) is 0.583. The van der Waals surface area contributed by atoms with E-state index in [2.05, 4.69) is 35.7 Å². The van der Waals surface area contributed by atoms with Gasteiger partial charge in [-0.05, 0) is 20.4 Å². The van der Waals surface area contributed by atoms with Crippen LogP contribution in [0, 0.1) is 0 Å². The van der Waals surface area contributed by atoms with Crippen LogP contribution in [-0.2, 0) is 6.54 Å². The Morgan fingerprint density at radius 2 is 2.38 bits per heavy atom. The molecule has 0 radical (unpaired) electrons. The van der Waals surface area contributed by atoms with Gasteiger partial charge in [0.2, 0.25) is 0 Å². The molecule has 90 valence electrons. The third kappa shape index (κ3) is 4.04. The lowest BCUT2D eigenvalue weighted by atomic mass is 10.3. The van der Waals surface area contributed by atoms with Gasteiger partial charge >= 0.3 is 0 Å². The van der Waals surface area contributed by atoms with E-state index in [1.54, 1.807) is 11.3 Å². The number of nitrogens with zero attached hydrogens (tertiary/aromatic N) is 2. The number of thiazole rings is 1. The lowest BCUT2D eigenvalue weighted by Crippen LogP contribution is -2.24. The van der Waals surface area contributed by atoms with Crippen molar-refractivity contribution in [3.8, 4) is 0 Å². The Morgan fingerprint density at radius 3 is 2.81 bits per heavy atom. The number of nitrogens with two attached hydrogens (primary N) is 1. The minimum atomic E-state index is 0.0370. The number of aromatic nitrogens is 1. The second-order valence-electron chi connectivity index (χ2n) is 4.23. The summed E-state index contributed by atoms with van der Waals surface area (Å²) in [5.74, 6) is 0. The molecule has 0 saturated carbocycles. The van der Waals surface area contributed by atoms with Crippen LogP contribution in [0.25, 0.3) is 0 Å². The van der Waals surface area contributed by atoms with Crippen LogP contribution in [0.15, 0.2) is 17.5 Å². The Kier molecular flexibility index (Phi) is 5.12. The van der Waals surface area contributed by atoms with E-state index in [4.69, 9.17) is 5.73 Å². The average molecular weight is 239 g/mol. The highest BCUT2D eigenvalue weighted by atomic mass is 32.1. The monoisotopic (exact) mass is 239 g/mol. The fourth-order valence-electron chi connectivity index (χ4n) is 1.49.